The molecule has 122 valence electrons. The van der Waals surface area contributed by atoms with Gasteiger partial charge in [-0.15, -0.1) is 0 Å². The first-order valence-corrected chi connectivity index (χ1v) is 6.92. The standard InChI is InChI=1S/C13H18N2O7/c1-2-3-9(17)21-6-7-10(18)11(19)12(22-7)15-5-4-8(16)14-13(15)20/h4-5,7,10-12,18-19H,2-3,6H2,1H3,(H,14,16,20)/t7-,10?,11?,12-/m0/s1. The summed E-state index contributed by atoms with van der Waals surface area (Å²) in [6.07, 6.45) is -2.81. The molecule has 1 saturated heterocycles. The average molecular weight is 314 g/mol. The minimum absolute atomic E-state index is 0.230. The number of aliphatic hydroxyl groups excluding tert-OH is 2. The van der Waals surface area contributed by atoms with Crippen molar-refractivity contribution >= 4 is 5.97 Å². The smallest absolute Gasteiger partial charge is 0.330 e. The molecule has 0 radical (unpaired) electrons. The Morgan fingerprint density at radius 2 is 2.14 bits per heavy atom. The number of nitrogens with one attached hydrogen (secondary N) is 1. The number of ether oxygens (including phenoxy) is 2. The molecule has 1 aliphatic rings. The maximum absolute atomic E-state index is 11.7. The van der Waals surface area contributed by atoms with E-state index < -0.39 is 41.8 Å². The number of esters is 1. The zero-order valence-electron chi connectivity index (χ0n) is 12.0. The predicted molar refractivity (Wildman–Crippen MR) is 73.1 cm³/mol. The number of aromatic nitrogens is 2. The Hall–Kier alpha value is -1.97. The summed E-state index contributed by atoms with van der Waals surface area (Å²) in [5, 5.41) is 19.9. The van der Waals surface area contributed by atoms with E-state index in [0.29, 0.717) is 6.42 Å². The summed E-state index contributed by atoms with van der Waals surface area (Å²) < 4.78 is 11.3. The van der Waals surface area contributed by atoms with Gasteiger partial charge in [0, 0.05) is 18.7 Å². The Morgan fingerprint density at radius 1 is 1.41 bits per heavy atom. The number of aromatic amines is 1. The normalized spacial score (nSPS) is 27.8. The molecule has 22 heavy (non-hydrogen) atoms. The summed E-state index contributed by atoms with van der Waals surface area (Å²) in [7, 11) is 0. The van der Waals surface area contributed by atoms with Gasteiger partial charge in [-0.1, -0.05) is 6.92 Å². The van der Waals surface area contributed by atoms with Crippen LogP contribution >= 0.6 is 0 Å². The lowest BCUT2D eigenvalue weighted by molar-refractivity contribution is -0.150. The minimum atomic E-state index is -1.39. The summed E-state index contributed by atoms with van der Waals surface area (Å²) in [6, 6.07) is 1.10. The van der Waals surface area contributed by atoms with Gasteiger partial charge >= 0.3 is 11.7 Å². The van der Waals surface area contributed by atoms with Crippen molar-refractivity contribution < 1.29 is 24.5 Å². The maximum Gasteiger partial charge on any atom is 0.330 e. The molecule has 9 heteroatoms. The molecule has 0 aromatic carbocycles. The number of hydrogen-bond acceptors (Lipinski definition) is 7. The van der Waals surface area contributed by atoms with Crippen LogP contribution in [-0.4, -0.2) is 50.7 Å². The van der Waals surface area contributed by atoms with Gasteiger partial charge in [-0.3, -0.25) is 19.1 Å². The van der Waals surface area contributed by atoms with E-state index in [4.69, 9.17) is 9.47 Å². The number of carbonyl (C=O) groups excluding carboxylic acids is 1. The van der Waals surface area contributed by atoms with E-state index in [0.717, 1.165) is 16.8 Å². The molecule has 2 rings (SSSR count). The van der Waals surface area contributed by atoms with E-state index in [1.165, 1.54) is 0 Å². The molecule has 2 unspecified atom stereocenters. The van der Waals surface area contributed by atoms with Gasteiger partial charge in [-0.25, -0.2) is 4.79 Å². The maximum atomic E-state index is 11.7. The first-order chi connectivity index (χ1) is 10.4. The molecule has 1 fully saturated rings. The van der Waals surface area contributed by atoms with Gasteiger partial charge in [0.15, 0.2) is 6.23 Å². The highest BCUT2D eigenvalue weighted by atomic mass is 16.6. The molecular weight excluding hydrogens is 296 g/mol. The van der Waals surface area contributed by atoms with Crippen molar-refractivity contribution in [3.05, 3.63) is 33.1 Å². The van der Waals surface area contributed by atoms with Crippen molar-refractivity contribution in [2.24, 2.45) is 0 Å². The Morgan fingerprint density at radius 3 is 2.77 bits per heavy atom. The quantitative estimate of drug-likeness (QED) is 0.564. The predicted octanol–water partition coefficient (Wildman–Crippen LogP) is -1.50. The highest BCUT2D eigenvalue weighted by Crippen LogP contribution is 2.28. The van der Waals surface area contributed by atoms with Gasteiger partial charge in [-0.05, 0) is 6.42 Å². The molecule has 1 aromatic rings. The van der Waals surface area contributed by atoms with Crippen LogP contribution in [0.5, 0.6) is 0 Å². The molecule has 4 atom stereocenters. The molecule has 0 saturated carbocycles. The van der Waals surface area contributed by atoms with Crippen LogP contribution in [0.1, 0.15) is 26.0 Å². The summed E-state index contributed by atoms with van der Waals surface area (Å²) in [6.45, 7) is 1.59. The lowest BCUT2D eigenvalue weighted by Crippen LogP contribution is -2.37. The van der Waals surface area contributed by atoms with Gasteiger partial charge in [0.25, 0.3) is 5.56 Å². The van der Waals surface area contributed by atoms with Gasteiger partial charge in [0.2, 0.25) is 0 Å². The number of nitrogens with zero attached hydrogens (tertiary/aromatic N) is 1. The molecule has 1 aliphatic heterocycles. The van der Waals surface area contributed by atoms with Crippen LogP contribution in [0.2, 0.25) is 0 Å². The summed E-state index contributed by atoms with van der Waals surface area (Å²) in [4.78, 5) is 36.1. The molecule has 3 N–H and O–H groups in total. The number of carbonyl (C=O) groups is 1. The first-order valence-electron chi connectivity index (χ1n) is 6.92. The average Bonchev–Trinajstić information content (AvgIpc) is 2.74. The van der Waals surface area contributed by atoms with Crippen molar-refractivity contribution in [2.75, 3.05) is 6.61 Å². The lowest BCUT2D eigenvalue weighted by Gasteiger charge is -2.16. The molecule has 0 aliphatic carbocycles. The minimum Gasteiger partial charge on any atom is -0.463 e. The van der Waals surface area contributed by atoms with Crippen molar-refractivity contribution in [3.8, 4) is 0 Å². The highest BCUT2D eigenvalue weighted by Gasteiger charge is 2.44. The van der Waals surface area contributed by atoms with E-state index in [2.05, 4.69) is 0 Å². The van der Waals surface area contributed by atoms with Crippen molar-refractivity contribution in [3.63, 3.8) is 0 Å². The third-order valence-electron chi connectivity index (χ3n) is 3.33. The Bertz CT molecular complexity index is 638. The van der Waals surface area contributed by atoms with Gasteiger partial charge < -0.3 is 19.7 Å². The Balaban J connectivity index is 2.08. The Labute approximate surface area is 125 Å². The van der Waals surface area contributed by atoms with Crippen LogP contribution in [0, 0.1) is 0 Å². The molecule has 9 nitrogen and oxygen atoms in total. The third kappa shape index (κ3) is 3.43. The summed E-state index contributed by atoms with van der Waals surface area (Å²) in [5.41, 5.74) is -1.35. The number of H-pyrrole nitrogens is 1. The summed E-state index contributed by atoms with van der Waals surface area (Å²) in [5.74, 6) is -0.433. The fraction of sp³-hybridized carbons (Fsp3) is 0.615. The van der Waals surface area contributed by atoms with Crippen LogP contribution in [0.15, 0.2) is 21.9 Å². The van der Waals surface area contributed by atoms with E-state index in [-0.39, 0.29) is 13.0 Å². The van der Waals surface area contributed by atoms with Crippen molar-refractivity contribution in [1.29, 1.82) is 0 Å². The zero-order valence-corrected chi connectivity index (χ0v) is 12.0. The molecule has 0 bridgehead atoms. The highest BCUT2D eigenvalue weighted by molar-refractivity contribution is 5.69. The number of aliphatic hydroxyl groups is 2. The second kappa shape index (κ2) is 6.86. The van der Waals surface area contributed by atoms with Crippen LogP contribution in [0.3, 0.4) is 0 Å². The van der Waals surface area contributed by atoms with Gasteiger partial charge in [0.05, 0.1) is 0 Å². The molecule has 1 aromatic heterocycles. The van der Waals surface area contributed by atoms with Gasteiger partial charge in [0.1, 0.15) is 24.9 Å². The number of rotatable bonds is 5. The van der Waals surface area contributed by atoms with Crippen LogP contribution in [0.4, 0.5) is 0 Å². The van der Waals surface area contributed by atoms with Crippen LogP contribution < -0.4 is 11.2 Å². The zero-order chi connectivity index (χ0) is 16.3. The van der Waals surface area contributed by atoms with Crippen LogP contribution in [0.25, 0.3) is 0 Å². The largest absolute Gasteiger partial charge is 0.463 e. The third-order valence-corrected chi connectivity index (χ3v) is 3.33. The van der Waals surface area contributed by atoms with Crippen LogP contribution in [-0.2, 0) is 14.3 Å². The topological polar surface area (TPSA) is 131 Å². The van der Waals surface area contributed by atoms with E-state index >= 15 is 0 Å². The molecule has 2 heterocycles. The number of hydrogen-bond donors (Lipinski definition) is 3. The van der Waals surface area contributed by atoms with E-state index in [1.54, 1.807) is 0 Å². The monoisotopic (exact) mass is 314 g/mol. The fourth-order valence-corrected chi connectivity index (χ4v) is 2.18. The fourth-order valence-electron chi connectivity index (χ4n) is 2.18. The van der Waals surface area contributed by atoms with E-state index in [1.807, 2.05) is 11.9 Å². The lowest BCUT2D eigenvalue weighted by atomic mass is 10.1. The second-order valence-electron chi connectivity index (χ2n) is 5.00. The SMILES string of the molecule is CCCC(=O)OC[C@@H]1O[C@H](n2ccc(=O)[nH]c2=O)C(O)C1O. The molecule has 0 amide bonds. The van der Waals surface area contributed by atoms with Gasteiger partial charge in [-0.2, -0.15) is 0 Å². The van der Waals surface area contributed by atoms with Crippen molar-refractivity contribution in [2.45, 2.75) is 44.3 Å². The Kier molecular flexibility index (Phi) is 5.11. The first kappa shape index (κ1) is 16.4. The molecular formula is C13H18N2O7. The summed E-state index contributed by atoms with van der Waals surface area (Å²) >= 11 is 0. The molecule has 0 spiro atoms. The van der Waals surface area contributed by atoms with E-state index in [9.17, 15) is 24.6 Å². The second-order valence-corrected chi connectivity index (χ2v) is 5.00. The van der Waals surface area contributed by atoms with Crippen molar-refractivity contribution in [1.82, 2.24) is 9.55 Å².